The number of carbonyl (C=O) groups is 1. The summed E-state index contributed by atoms with van der Waals surface area (Å²) in [6, 6.07) is 14.9. The number of benzene rings is 2. The van der Waals surface area contributed by atoms with Crippen molar-refractivity contribution >= 4 is 35.1 Å². The van der Waals surface area contributed by atoms with Crippen LogP contribution >= 0.6 is 23.1 Å². The van der Waals surface area contributed by atoms with Gasteiger partial charge in [-0.1, -0.05) is 42.5 Å². The van der Waals surface area contributed by atoms with Crippen LogP contribution in [0.2, 0.25) is 0 Å². The summed E-state index contributed by atoms with van der Waals surface area (Å²) in [5.41, 5.74) is 2.45. The minimum atomic E-state index is -0.605. The number of thiazole rings is 1. The van der Waals surface area contributed by atoms with E-state index >= 15 is 0 Å². The molecule has 0 amide bonds. The van der Waals surface area contributed by atoms with Gasteiger partial charge in [0.1, 0.15) is 5.75 Å². The van der Waals surface area contributed by atoms with Crippen LogP contribution in [0.4, 0.5) is 0 Å². The highest BCUT2D eigenvalue weighted by atomic mass is 32.2. The Hall–Kier alpha value is -3.10. The fraction of sp³-hybridized carbons (Fsp3) is 0.269. The fourth-order valence-electron chi connectivity index (χ4n) is 3.83. The summed E-state index contributed by atoms with van der Waals surface area (Å²) in [4.78, 5) is 32.6. The molecule has 8 heteroatoms. The molecule has 3 aromatic rings. The summed E-state index contributed by atoms with van der Waals surface area (Å²) < 4.78 is 12.9. The van der Waals surface area contributed by atoms with Gasteiger partial charge >= 0.3 is 5.97 Å². The molecule has 6 nitrogen and oxygen atoms in total. The van der Waals surface area contributed by atoms with Gasteiger partial charge in [-0.3, -0.25) is 9.36 Å². The zero-order chi connectivity index (χ0) is 24.2. The molecule has 1 aromatic heterocycles. The first-order valence-electron chi connectivity index (χ1n) is 10.9. The van der Waals surface area contributed by atoms with Gasteiger partial charge in [0.15, 0.2) is 4.80 Å². The molecule has 0 aliphatic carbocycles. The molecule has 34 heavy (non-hydrogen) atoms. The number of carbonyl (C=O) groups excluding carboxylic acids is 1. The van der Waals surface area contributed by atoms with Crippen LogP contribution in [0.15, 0.2) is 74.5 Å². The summed E-state index contributed by atoms with van der Waals surface area (Å²) in [5.74, 6) is 0.310. The van der Waals surface area contributed by atoms with E-state index in [2.05, 4.69) is 11.9 Å². The second kappa shape index (κ2) is 10.4. The van der Waals surface area contributed by atoms with Gasteiger partial charge in [-0.15, -0.1) is 11.8 Å². The monoisotopic (exact) mass is 494 g/mol. The molecular weight excluding hydrogens is 468 g/mol. The number of nitrogens with zero attached hydrogens (tertiary/aromatic N) is 2. The van der Waals surface area contributed by atoms with Crippen LogP contribution < -0.4 is 19.6 Å². The lowest BCUT2D eigenvalue weighted by molar-refractivity contribution is -0.136. The zero-order valence-electron chi connectivity index (χ0n) is 19.5. The Labute approximate surface area is 206 Å². The normalized spacial score (nSPS) is 15.6. The van der Waals surface area contributed by atoms with Gasteiger partial charge < -0.3 is 9.47 Å². The highest BCUT2D eigenvalue weighted by Crippen LogP contribution is 2.31. The van der Waals surface area contributed by atoms with Crippen LogP contribution in [0.5, 0.6) is 5.75 Å². The number of allylic oxidation sites excluding steroid dienone is 1. The van der Waals surface area contributed by atoms with Gasteiger partial charge in [0.05, 0.1) is 35.6 Å². The number of thioether (sulfide) groups is 1. The predicted octanol–water partition coefficient (Wildman–Crippen LogP) is 3.92. The van der Waals surface area contributed by atoms with Crippen LogP contribution in [-0.2, 0) is 9.53 Å². The van der Waals surface area contributed by atoms with E-state index < -0.39 is 12.0 Å². The van der Waals surface area contributed by atoms with Crippen molar-refractivity contribution < 1.29 is 14.3 Å². The minimum Gasteiger partial charge on any atom is -0.494 e. The number of esters is 1. The number of ether oxygens (including phenoxy) is 2. The van der Waals surface area contributed by atoms with Gasteiger partial charge in [-0.25, -0.2) is 9.79 Å². The lowest BCUT2D eigenvalue weighted by atomic mass is 9.96. The third kappa shape index (κ3) is 4.74. The minimum absolute atomic E-state index is 0.192. The molecule has 1 atom stereocenters. The summed E-state index contributed by atoms with van der Waals surface area (Å²) in [5, 5.41) is 0. The first-order valence-corrected chi connectivity index (χ1v) is 13.0. The maximum Gasteiger partial charge on any atom is 0.338 e. The molecule has 1 unspecified atom stereocenters. The summed E-state index contributed by atoms with van der Waals surface area (Å²) in [6.45, 7) is 4.51. The molecular formula is C26H26N2O4S2. The second-order valence-corrected chi connectivity index (χ2v) is 9.65. The summed E-state index contributed by atoms with van der Waals surface area (Å²) in [7, 11) is 1.34. The third-order valence-electron chi connectivity index (χ3n) is 5.51. The molecule has 0 N–H and O–H groups in total. The van der Waals surface area contributed by atoms with Crippen LogP contribution in [0.1, 0.15) is 37.4 Å². The molecule has 1 aliphatic rings. The Morgan fingerprint density at radius 2 is 1.88 bits per heavy atom. The predicted molar refractivity (Wildman–Crippen MR) is 136 cm³/mol. The average Bonchev–Trinajstić information content (AvgIpc) is 3.16. The molecule has 0 fully saturated rings. The smallest absolute Gasteiger partial charge is 0.338 e. The molecule has 0 bridgehead atoms. The van der Waals surface area contributed by atoms with Crippen LogP contribution in [0.25, 0.3) is 6.08 Å². The van der Waals surface area contributed by atoms with E-state index in [1.165, 1.54) is 18.4 Å². The maximum atomic E-state index is 13.6. The molecule has 0 spiro atoms. The van der Waals surface area contributed by atoms with Crippen molar-refractivity contribution in [3.63, 3.8) is 0 Å². The van der Waals surface area contributed by atoms with E-state index in [1.54, 1.807) is 23.3 Å². The maximum absolute atomic E-state index is 13.6. The molecule has 2 heterocycles. The quantitative estimate of drug-likeness (QED) is 0.368. The van der Waals surface area contributed by atoms with Gasteiger partial charge in [-0.2, -0.15) is 0 Å². The van der Waals surface area contributed by atoms with Crippen molar-refractivity contribution in [2.45, 2.75) is 31.2 Å². The van der Waals surface area contributed by atoms with E-state index in [-0.39, 0.29) is 5.56 Å². The molecule has 176 valence electrons. The number of rotatable bonds is 7. The highest BCUT2D eigenvalue weighted by molar-refractivity contribution is 7.98. The number of methoxy groups -OCH3 is 1. The van der Waals surface area contributed by atoms with E-state index in [9.17, 15) is 9.59 Å². The van der Waals surface area contributed by atoms with Crippen LogP contribution in [-0.4, -0.2) is 30.5 Å². The first kappa shape index (κ1) is 24.0. The van der Waals surface area contributed by atoms with E-state index in [4.69, 9.17) is 9.47 Å². The molecule has 2 aromatic carbocycles. The lowest BCUT2D eigenvalue weighted by Gasteiger charge is -2.24. The molecule has 1 aliphatic heterocycles. The largest absolute Gasteiger partial charge is 0.494 e. The number of hydrogen-bond acceptors (Lipinski definition) is 7. The Morgan fingerprint density at radius 1 is 1.18 bits per heavy atom. The average molecular weight is 495 g/mol. The Bertz CT molecular complexity index is 1400. The number of fused-ring (bicyclic) bond motifs is 1. The van der Waals surface area contributed by atoms with Crippen LogP contribution in [0, 0.1) is 0 Å². The fourth-order valence-corrected chi connectivity index (χ4v) is 5.28. The van der Waals surface area contributed by atoms with Crippen molar-refractivity contribution in [3.8, 4) is 5.75 Å². The second-order valence-electron chi connectivity index (χ2n) is 7.76. The van der Waals surface area contributed by atoms with Crippen LogP contribution in [0.3, 0.4) is 0 Å². The van der Waals surface area contributed by atoms with Crippen molar-refractivity contribution in [3.05, 3.63) is 90.6 Å². The van der Waals surface area contributed by atoms with E-state index in [1.807, 2.05) is 60.9 Å². The van der Waals surface area contributed by atoms with Gasteiger partial charge in [0.25, 0.3) is 5.56 Å². The zero-order valence-corrected chi connectivity index (χ0v) is 21.2. The van der Waals surface area contributed by atoms with Crippen molar-refractivity contribution in [1.82, 2.24) is 4.57 Å². The van der Waals surface area contributed by atoms with Crippen molar-refractivity contribution in [2.75, 3.05) is 20.0 Å². The molecule has 0 radical (unpaired) electrons. The van der Waals surface area contributed by atoms with Gasteiger partial charge in [0, 0.05) is 4.90 Å². The third-order valence-corrected chi connectivity index (χ3v) is 7.24. The Kier molecular flexibility index (Phi) is 7.38. The topological polar surface area (TPSA) is 69.9 Å². The van der Waals surface area contributed by atoms with Gasteiger partial charge in [-0.05, 0) is 61.1 Å². The number of aromatic nitrogens is 1. The summed E-state index contributed by atoms with van der Waals surface area (Å²) >= 11 is 2.95. The standard InChI is InChI=1S/C26H26N2O4S2/c1-5-14-32-19-10-6-17(7-11-19)15-21-24(29)28-23(18-8-12-20(33-4)13-9-18)22(25(30)31-3)16(2)27-26(28)34-21/h6-13,15,23H,5,14H2,1-4H3. The first-order chi connectivity index (χ1) is 16.5. The summed E-state index contributed by atoms with van der Waals surface area (Å²) in [6.07, 6.45) is 4.79. The molecule has 0 saturated carbocycles. The van der Waals surface area contributed by atoms with Crippen molar-refractivity contribution in [1.29, 1.82) is 0 Å². The lowest BCUT2D eigenvalue weighted by Crippen LogP contribution is -2.39. The van der Waals surface area contributed by atoms with E-state index in [0.29, 0.717) is 27.2 Å². The molecule has 4 rings (SSSR count). The number of hydrogen-bond donors (Lipinski definition) is 0. The highest BCUT2D eigenvalue weighted by Gasteiger charge is 2.33. The van der Waals surface area contributed by atoms with E-state index in [0.717, 1.165) is 28.2 Å². The Morgan fingerprint density at radius 3 is 2.50 bits per heavy atom. The SMILES string of the molecule is CCCOc1ccc(C=c2sc3n(c2=O)C(c2ccc(SC)cc2)C(C(=O)OC)=C(C)N=3)cc1. The van der Waals surface area contributed by atoms with Gasteiger partial charge in [0.2, 0.25) is 0 Å². The van der Waals surface area contributed by atoms with Crippen molar-refractivity contribution in [2.24, 2.45) is 4.99 Å². The Balaban J connectivity index is 1.83. The molecule has 0 saturated heterocycles.